The van der Waals surface area contributed by atoms with Crippen LogP contribution in [0.3, 0.4) is 0 Å². The van der Waals surface area contributed by atoms with E-state index in [1.807, 2.05) is 6.92 Å². The molecule has 3 fully saturated rings. The van der Waals surface area contributed by atoms with Gasteiger partial charge in [0.1, 0.15) is 4.83 Å². The first-order valence-corrected chi connectivity index (χ1v) is 12.4. The third kappa shape index (κ3) is 2.47. The van der Waals surface area contributed by atoms with Crippen LogP contribution < -0.4 is 5.32 Å². The molecule has 0 radical (unpaired) electrons. The average Bonchev–Trinajstić information content (AvgIpc) is 2.95. The lowest BCUT2D eigenvalue weighted by atomic mass is 9.73. The van der Waals surface area contributed by atoms with Crippen molar-refractivity contribution in [3.63, 3.8) is 0 Å². The lowest BCUT2D eigenvalue weighted by Crippen LogP contribution is -2.41. The second-order valence-corrected chi connectivity index (χ2v) is 11.2. The van der Waals surface area contributed by atoms with E-state index in [1.165, 1.54) is 75.2 Å². The maximum absolute atomic E-state index is 13.6. The fourth-order valence-electron chi connectivity index (χ4n) is 7.68. The Hall–Kier alpha value is -1.42. The van der Waals surface area contributed by atoms with Gasteiger partial charge < -0.3 is 5.32 Å². The monoisotopic (exact) mass is 410 g/mol. The zero-order valence-electron chi connectivity index (χ0n) is 18.4. The molecule has 29 heavy (non-hydrogen) atoms. The van der Waals surface area contributed by atoms with E-state index in [0.717, 1.165) is 21.0 Å². The van der Waals surface area contributed by atoms with Crippen LogP contribution in [0.4, 0.5) is 0 Å². The van der Waals surface area contributed by atoms with E-state index >= 15 is 0 Å². The van der Waals surface area contributed by atoms with E-state index in [4.69, 9.17) is 4.98 Å². The van der Waals surface area contributed by atoms with Gasteiger partial charge in [0.2, 0.25) is 0 Å². The minimum atomic E-state index is -0.0427. The number of aryl methyl sites for hydroxylation is 3. The molecule has 1 N–H and O–H groups in total. The van der Waals surface area contributed by atoms with E-state index in [0.29, 0.717) is 10.8 Å². The Morgan fingerprint density at radius 2 is 1.52 bits per heavy atom. The van der Waals surface area contributed by atoms with Gasteiger partial charge in [0.15, 0.2) is 0 Å². The number of nitrogens with zero attached hydrogens (tertiary/aromatic N) is 1. The highest BCUT2D eigenvalue weighted by molar-refractivity contribution is 7.20. The zero-order chi connectivity index (χ0) is 20.4. The van der Waals surface area contributed by atoms with Gasteiger partial charge in [0.05, 0.1) is 10.4 Å². The van der Waals surface area contributed by atoms with Crippen molar-refractivity contribution < 1.29 is 4.79 Å². The second-order valence-electron chi connectivity index (χ2n) is 10.2. The van der Waals surface area contributed by atoms with E-state index in [1.54, 1.807) is 11.3 Å². The lowest BCUT2D eigenvalue weighted by molar-refractivity contribution is 0.0915. The number of carbonyl (C=O) groups excluding carboxylic acids is 1. The Kier molecular flexibility index (Phi) is 4.40. The molecule has 2 aromatic rings. The molecule has 0 aliphatic heterocycles. The number of pyridine rings is 1. The molecule has 3 aliphatic rings. The molecule has 0 aromatic carbocycles. The highest BCUT2D eigenvalue weighted by Gasteiger charge is 2.82. The number of amides is 1. The van der Waals surface area contributed by atoms with Crippen molar-refractivity contribution in [3.8, 4) is 0 Å². The van der Waals surface area contributed by atoms with Crippen LogP contribution in [-0.2, 0) is 0 Å². The molecule has 3 saturated carbocycles. The summed E-state index contributed by atoms with van der Waals surface area (Å²) in [7, 11) is 0. The largest absolute Gasteiger partial charge is 0.345 e. The van der Waals surface area contributed by atoms with Crippen molar-refractivity contribution in [2.24, 2.45) is 10.8 Å². The van der Waals surface area contributed by atoms with Crippen molar-refractivity contribution in [1.29, 1.82) is 0 Å². The summed E-state index contributed by atoms with van der Waals surface area (Å²) < 4.78 is 0. The molecule has 156 valence electrons. The molecule has 2 heterocycles. The van der Waals surface area contributed by atoms with Gasteiger partial charge in [-0.05, 0) is 70.6 Å². The maximum atomic E-state index is 13.6. The predicted molar refractivity (Wildman–Crippen MR) is 121 cm³/mol. The van der Waals surface area contributed by atoms with Gasteiger partial charge in [-0.3, -0.25) is 4.79 Å². The smallest absolute Gasteiger partial charge is 0.262 e. The molecule has 0 unspecified atom stereocenters. The Balaban J connectivity index is 1.51. The maximum Gasteiger partial charge on any atom is 0.262 e. The highest BCUT2D eigenvalue weighted by Crippen LogP contribution is 2.81. The second kappa shape index (κ2) is 6.54. The number of thiophene rings is 1. The van der Waals surface area contributed by atoms with E-state index < -0.39 is 0 Å². The number of fused-ring (bicyclic) bond motifs is 2. The molecule has 1 amide bonds. The molecular formula is C25H34N2OS. The summed E-state index contributed by atoms with van der Waals surface area (Å²) >= 11 is 1.58. The fraction of sp³-hybridized carbons (Fsp3) is 0.680. The first-order chi connectivity index (χ1) is 13.9. The number of rotatable bonds is 2. The molecule has 5 rings (SSSR count). The third-order valence-corrected chi connectivity index (χ3v) is 10.2. The zero-order valence-corrected chi connectivity index (χ0v) is 19.2. The van der Waals surface area contributed by atoms with Gasteiger partial charge in [-0.2, -0.15) is 0 Å². The van der Waals surface area contributed by atoms with Crippen LogP contribution in [0.1, 0.15) is 97.6 Å². The minimum Gasteiger partial charge on any atom is -0.345 e. The van der Waals surface area contributed by atoms with Crippen LogP contribution in [0.25, 0.3) is 10.2 Å². The average molecular weight is 411 g/mol. The van der Waals surface area contributed by atoms with Gasteiger partial charge in [-0.25, -0.2) is 4.98 Å². The standard InChI is InChI=1S/C25H34N2OS/c1-16-15-17(2)26-22-19(16)18(3)20(29-22)21(28)27-23(4)24(11-7-5-8-12-24)25(23)13-9-6-10-14-25/h15H,5-14H2,1-4H3,(H,27,28). The van der Waals surface area contributed by atoms with Crippen LogP contribution in [0.5, 0.6) is 0 Å². The number of nitrogens with one attached hydrogen (secondary N) is 1. The van der Waals surface area contributed by atoms with Crippen LogP contribution in [0.15, 0.2) is 6.07 Å². The van der Waals surface area contributed by atoms with Crippen molar-refractivity contribution in [2.75, 3.05) is 0 Å². The van der Waals surface area contributed by atoms with E-state index in [9.17, 15) is 4.79 Å². The molecule has 4 heteroatoms. The fourth-order valence-corrected chi connectivity index (χ4v) is 8.88. The normalized spacial score (nSPS) is 24.1. The number of hydrogen-bond acceptors (Lipinski definition) is 3. The summed E-state index contributed by atoms with van der Waals surface area (Å²) in [6.45, 7) is 8.65. The van der Waals surface area contributed by atoms with Crippen LogP contribution in [0, 0.1) is 31.6 Å². The van der Waals surface area contributed by atoms with Crippen molar-refractivity contribution >= 4 is 27.5 Å². The van der Waals surface area contributed by atoms with E-state index in [2.05, 4.69) is 32.2 Å². The Labute approximate surface area is 178 Å². The number of aromatic nitrogens is 1. The topological polar surface area (TPSA) is 42.0 Å². The SMILES string of the molecule is Cc1cc(C)c2c(C)c(C(=O)NC3(C)C4(CCCCC4)C34CCCCC4)sc2n1. The molecule has 0 bridgehead atoms. The molecule has 2 aromatic heterocycles. The van der Waals surface area contributed by atoms with Crippen LogP contribution in [0.2, 0.25) is 0 Å². The Morgan fingerprint density at radius 1 is 0.966 bits per heavy atom. The Morgan fingerprint density at radius 3 is 2.07 bits per heavy atom. The minimum absolute atomic E-state index is 0.0427. The van der Waals surface area contributed by atoms with Gasteiger partial charge in [0, 0.05) is 21.9 Å². The van der Waals surface area contributed by atoms with Crippen molar-refractivity contribution in [3.05, 3.63) is 27.8 Å². The predicted octanol–water partition coefficient (Wildman–Crippen LogP) is 6.62. The number of hydrogen-bond donors (Lipinski definition) is 1. The molecular weight excluding hydrogens is 376 g/mol. The summed E-state index contributed by atoms with van der Waals surface area (Å²) in [5.41, 5.74) is 3.99. The van der Waals surface area contributed by atoms with Crippen molar-refractivity contribution in [2.45, 2.75) is 97.4 Å². The van der Waals surface area contributed by atoms with E-state index in [-0.39, 0.29) is 11.4 Å². The summed E-state index contributed by atoms with van der Waals surface area (Å²) in [6, 6.07) is 2.12. The van der Waals surface area contributed by atoms with Gasteiger partial charge in [-0.1, -0.05) is 38.5 Å². The Bertz CT molecular complexity index is 952. The molecule has 3 aliphatic carbocycles. The van der Waals surface area contributed by atoms with Gasteiger partial charge in [-0.15, -0.1) is 11.3 Å². The lowest BCUT2D eigenvalue weighted by Gasteiger charge is -2.30. The molecule has 0 saturated heterocycles. The molecule has 0 atom stereocenters. The van der Waals surface area contributed by atoms with Crippen LogP contribution in [-0.4, -0.2) is 16.4 Å². The summed E-state index contributed by atoms with van der Waals surface area (Å²) in [6.07, 6.45) is 13.3. The summed E-state index contributed by atoms with van der Waals surface area (Å²) in [5.74, 6) is 0.137. The van der Waals surface area contributed by atoms with Gasteiger partial charge in [0.25, 0.3) is 5.91 Å². The highest BCUT2D eigenvalue weighted by atomic mass is 32.1. The first-order valence-electron chi connectivity index (χ1n) is 11.6. The quantitative estimate of drug-likeness (QED) is 0.604. The molecule has 3 nitrogen and oxygen atoms in total. The summed E-state index contributed by atoms with van der Waals surface area (Å²) in [5, 5.41) is 4.82. The third-order valence-electron chi connectivity index (χ3n) is 8.98. The first kappa shape index (κ1) is 19.5. The van der Waals surface area contributed by atoms with Crippen LogP contribution >= 0.6 is 11.3 Å². The van der Waals surface area contributed by atoms with Gasteiger partial charge >= 0.3 is 0 Å². The molecule has 2 spiro atoms. The number of carbonyl (C=O) groups is 1. The van der Waals surface area contributed by atoms with Crippen molar-refractivity contribution in [1.82, 2.24) is 10.3 Å². The summed E-state index contributed by atoms with van der Waals surface area (Å²) in [4.78, 5) is 20.2.